The van der Waals surface area contributed by atoms with Gasteiger partial charge in [0.1, 0.15) is 6.04 Å². The Kier molecular flexibility index (Phi) is 4.97. The van der Waals surface area contributed by atoms with Crippen LogP contribution in [0.3, 0.4) is 0 Å². The van der Waals surface area contributed by atoms with Gasteiger partial charge in [0.15, 0.2) is 0 Å². The van der Waals surface area contributed by atoms with Gasteiger partial charge in [0.2, 0.25) is 0 Å². The number of fused-ring (bicyclic) bond motifs is 1. The lowest BCUT2D eigenvalue weighted by Crippen LogP contribution is -2.44. The first-order valence-corrected chi connectivity index (χ1v) is 7.26. The predicted molar refractivity (Wildman–Crippen MR) is 76.3 cm³/mol. The number of aryl methyl sites for hydroxylation is 1. The number of carboxylic acid groups (broad SMARTS) is 1. The van der Waals surface area contributed by atoms with Gasteiger partial charge in [0.05, 0.1) is 0 Å². The summed E-state index contributed by atoms with van der Waals surface area (Å²) in [4.78, 5) is 11.2. The molecule has 0 bridgehead atoms. The predicted octanol–water partition coefficient (Wildman–Crippen LogP) is 2.78. The Balaban J connectivity index is 2.03. The van der Waals surface area contributed by atoms with Crippen molar-refractivity contribution in [1.82, 2.24) is 5.32 Å². The first-order chi connectivity index (χ1) is 9.20. The molecule has 2 atom stereocenters. The molecule has 1 unspecified atom stereocenters. The molecule has 2 N–H and O–H groups in total. The Morgan fingerprint density at radius 3 is 2.84 bits per heavy atom. The molecule has 3 heteroatoms. The van der Waals surface area contributed by atoms with Crippen LogP contribution in [0.1, 0.15) is 43.7 Å². The number of hydrogen-bond donors (Lipinski definition) is 2. The highest BCUT2D eigenvalue weighted by atomic mass is 16.4. The third-order valence-electron chi connectivity index (χ3n) is 3.90. The summed E-state index contributed by atoms with van der Waals surface area (Å²) in [5, 5.41) is 12.6. The summed E-state index contributed by atoms with van der Waals surface area (Å²) in [5.74, 6) is -0.723. The van der Waals surface area contributed by atoms with E-state index in [0.717, 1.165) is 32.1 Å². The molecule has 1 aromatic carbocycles. The van der Waals surface area contributed by atoms with E-state index in [0.29, 0.717) is 6.42 Å². The van der Waals surface area contributed by atoms with Crippen molar-refractivity contribution in [2.75, 3.05) is 0 Å². The van der Waals surface area contributed by atoms with E-state index in [1.807, 2.05) is 6.92 Å². The highest BCUT2D eigenvalue weighted by Crippen LogP contribution is 2.21. The monoisotopic (exact) mass is 261 g/mol. The molecule has 104 valence electrons. The van der Waals surface area contributed by atoms with Crippen LogP contribution in [0, 0.1) is 0 Å². The molecule has 2 rings (SSSR count). The second-order valence-electron chi connectivity index (χ2n) is 5.41. The largest absolute Gasteiger partial charge is 0.480 e. The van der Waals surface area contributed by atoms with Gasteiger partial charge < -0.3 is 10.4 Å². The molecule has 1 aromatic rings. The van der Waals surface area contributed by atoms with Gasteiger partial charge in [-0.25, -0.2) is 0 Å². The summed E-state index contributed by atoms with van der Waals surface area (Å²) in [5.41, 5.74) is 2.80. The molecule has 0 aliphatic heterocycles. The molecule has 1 aliphatic rings. The fourth-order valence-electron chi connectivity index (χ4n) is 2.90. The molecule has 0 saturated heterocycles. The van der Waals surface area contributed by atoms with Crippen molar-refractivity contribution in [3.05, 3.63) is 35.4 Å². The van der Waals surface area contributed by atoms with Crippen LogP contribution in [0.25, 0.3) is 0 Å². The normalized spacial score (nSPS) is 20.4. The van der Waals surface area contributed by atoms with Crippen molar-refractivity contribution < 1.29 is 9.90 Å². The average molecular weight is 261 g/mol. The number of benzene rings is 1. The van der Waals surface area contributed by atoms with Crippen molar-refractivity contribution in [3.63, 3.8) is 0 Å². The van der Waals surface area contributed by atoms with E-state index in [1.165, 1.54) is 11.1 Å². The van der Waals surface area contributed by atoms with Gasteiger partial charge in [-0.05, 0) is 43.2 Å². The zero-order valence-electron chi connectivity index (χ0n) is 11.6. The Morgan fingerprint density at radius 2 is 2.16 bits per heavy atom. The van der Waals surface area contributed by atoms with Gasteiger partial charge in [0, 0.05) is 6.04 Å². The van der Waals surface area contributed by atoms with Crippen LogP contribution in [0.5, 0.6) is 0 Å². The lowest BCUT2D eigenvalue weighted by molar-refractivity contribution is -0.139. The number of nitrogens with one attached hydrogen (secondary N) is 1. The Labute approximate surface area is 115 Å². The van der Waals surface area contributed by atoms with Crippen LogP contribution < -0.4 is 5.32 Å². The highest BCUT2D eigenvalue weighted by molar-refractivity contribution is 5.73. The molecule has 0 radical (unpaired) electrons. The fraction of sp³-hybridized carbons (Fsp3) is 0.562. The minimum absolute atomic E-state index is 0.288. The first-order valence-electron chi connectivity index (χ1n) is 7.26. The molecule has 0 aromatic heterocycles. The summed E-state index contributed by atoms with van der Waals surface area (Å²) in [6.07, 6.45) is 5.85. The van der Waals surface area contributed by atoms with E-state index >= 15 is 0 Å². The Bertz CT molecular complexity index is 431. The third-order valence-corrected chi connectivity index (χ3v) is 3.90. The molecule has 0 fully saturated rings. The first kappa shape index (κ1) is 14.1. The smallest absolute Gasteiger partial charge is 0.320 e. The minimum Gasteiger partial charge on any atom is -0.480 e. The summed E-state index contributed by atoms with van der Waals surface area (Å²) >= 11 is 0. The van der Waals surface area contributed by atoms with Crippen molar-refractivity contribution in [3.8, 4) is 0 Å². The lowest BCUT2D eigenvalue weighted by atomic mass is 10.0. The van der Waals surface area contributed by atoms with Gasteiger partial charge in [0.25, 0.3) is 0 Å². The van der Waals surface area contributed by atoms with Crippen molar-refractivity contribution >= 4 is 5.97 Å². The number of carbonyl (C=O) groups is 1. The fourth-order valence-corrected chi connectivity index (χ4v) is 2.90. The van der Waals surface area contributed by atoms with E-state index < -0.39 is 12.0 Å². The van der Waals surface area contributed by atoms with Gasteiger partial charge in [-0.2, -0.15) is 0 Å². The van der Waals surface area contributed by atoms with E-state index in [4.69, 9.17) is 0 Å². The third kappa shape index (κ3) is 3.80. The van der Waals surface area contributed by atoms with Gasteiger partial charge in [-0.15, -0.1) is 0 Å². The summed E-state index contributed by atoms with van der Waals surface area (Å²) < 4.78 is 0. The topological polar surface area (TPSA) is 49.3 Å². The summed E-state index contributed by atoms with van der Waals surface area (Å²) in [6.45, 7) is 2.03. The van der Waals surface area contributed by atoms with Crippen LogP contribution in [-0.2, 0) is 17.6 Å². The molecule has 0 amide bonds. The van der Waals surface area contributed by atoms with Crippen LogP contribution in [0.2, 0.25) is 0 Å². The van der Waals surface area contributed by atoms with Gasteiger partial charge in [-0.1, -0.05) is 37.6 Å². The molecule has 19 heavy (non-hydrogen) atoms. The lowest BCUT2D eigenvalue weighted by Gasteiger charge is -2.22. The maximum Gasteiger partial charge on any atom is 0.320 e. The second-order valence-corrected chi connectivity index (χ2v) is 5.41. The van der Waals surface area contributed by atoms with Crippen molar-refractivity contribution in [2.24, 2.45) is 0 Å². The molecule has 0 heterocycles. The molecular formula is C16H23NO2. The van der Waals surface area contributed by atoms with E-state index in [-0.39, 0.29) is 6.04 Å². The van der Waals surface area contributed by atoms with Crippen molar-refractivity contribution in [2.45, 2.75) is 57.5 Å². The SMILES string of the molecule is CCCC(N[C@H]1CCCc2ccccc2C1)C(=O)O. The molecule has 0 saturated carbocycles. The maximum atomic E-state index is 11.2. The highest BCUT2D eigenvalue weighted by Gasteiger charge is 2.22. The number of hydrogen-bond acceptors (Lipinski definition) is 2. The van der Waals surface area contributed by atoms with Gasteiger partial charge >= 0.3 is 5.97 Å². The van der Waals surface area contributed by atoms with E-state index in [2.05, 4.69) is 29.6 Å². The number of carboxylic acids is 1. The Hall–Kier alpha value is -1.35. The molecular weight excluding hydrogens is 238 g/mol. The zero-order chi connectivity index (χ0) is 13.7. The van der Waals surface area contributed by atoms with E-state index in [9.17, 15) is 9.90 Å². The van der Waals surface area contributed by atoms with Gasteiger partial charge in [-0.3, -0.25) is 4.79 Å². The second kappa shape index (κ2) is 6.71. The van der Waals surface area contributed by atoms with Crippen LogP contribution >= 0.6 is 0 Å². The van der Waals surface area contributed by atoms with Crippen LogP contribution in [0.15, 0.2) is 24.3 Å². The zero-order valence-corrected chi connectivity index (χ0v) is 11.6. The average Bonchev–Trinajstić information content (AvgIpc) is 2.59. The van der Waals surface area contributed by atoms with Crippen LogP contribution in [-0.4, -0.2) is 23.2 Å². The van der Waals surface area contributed by atoms with Crippen LogP contribution in [0.4, 0.5) is 0 Å². The quantitative estimate of drug-likeness (QED) is 0.801. The Morgan fingerprint density at radius 1 is 1.42 bits per heavy atom. The molecule has 0 spiro atoms. The maximum absolute atomic E-state index is 11.2. The standard InChI is InChI=1S/C16H23NO2/c1-2-6-15(16(18)19)17-14-10-5-9-12-7-3-4-8-13(12)11-14/h3-4,7-8,14-15,17H,2,5-6,9-11H2,1H3,(H,18,19)/t14-,15?/m0/s1. The number of aliphatic carboxylic acids is 1. The number of rotatable bonds is 5. The summed E-state index contributed by atoms with van der Waals surface area (Å²) in [7, 11) is 0. The summed E-state index contributed by atoms with van der Waals surface area (Å²) in [6, 6.07) is 8.41. The minimum atomic E-state index is -0.723. The van der Waals surface area contributed by atoms with E-state index in [1.54, 1.807) is 0 Å². The molecule has 1 aliphatic carbocycles. The van der Waals surface area contributed by atoms with Crippen molar-refractivity contribution in [1.29, 1.82) is 0 Å². The molecule has 3 nitrogen and oxygen atoms in total.